The van der Waals surface area contributed by atoms with Crippen LogP contribution in [0.3, 0.4) is 0 Å². The maximum atomic E-state index is 12.5. The first-order chi connectivity index (χ1) is 11.3. The summed E-state index contributed by atoms with van der Waals surface area (Å²) in [5.41, 5.74) is 0.260. The lowest BCUT2D eigenvalue weighted by molar-refractivity contribution is -0.137. The van der Waals surface area contributed by atoms with E-state index < -0.39 is 11.9 Å². The molecule has 0 aliphatic heterocycles. The highest BCUT2D eigenvalue weighted by Gasteiger charge is 2.21. The second kappa shape index (κ2) is 9.37. The lowest BCUT2D eigenvalue weighted by Gasteiger charge is -2.20. The number of rotatable bonds is 9. The van der Waals surface area contributed by atoms with E-state index in [0.717, 1.165) is 6.42 Å². The van der Waals surface area contributed by atoms with Gasteiger partial charge in [0.1, 0.15) is 6.54 Å². The van der Waals surface area contributed by atoms with Gasteiger partial charge in [0.25, 0.3) is 5.91 Å². The molecule has 1 aromatic carbocycles. The SMILES string of the molecule is CCN(CC(=O)O)C(=O)c1cc(Cl)c(OCCC(C)C)c(OC)c1. The average molecular weight is 358 g/mol. The number of hydrogen-bond donors (Lipinski definition) is 1. The highest BCUT2D eigenvalue weighted by atomic mass is 35.5. The molecule has 1 N–H and O–H groups in total. The fraction of sp³-hybridized carbons (Fsp3) is 0.529. The van der Waals surface area contributed by atoms with Crippen LogP contribution in [0.2, 0.25) is 5.02 Å². The zero-order chi connectivity index (χ0) is 18.3. The summed E-state index contributed by atoms with van der Waals surface area (Å²) in [7, 11) is 1.46. The van der Waals surface area contributed by atoms with Crippen LogP contribution in [0, 0.1) is 5.92 Å². The molecule has 0 fully saturated rings. The first-order valence-electron chi connectivity index (χ1n) is 7.81. The Morgan fingerprint density at radius 1 is 1.33 bits per heavy atom. The second-order valence-electron chi connectivity index (χ2n) is 5.73. The van der Waals surface area contributed by atoms with Crippen molar-refractivity contribution in [1.29, 1.82) is 0 Å². The lowest BCUT2D eigenvalue weighted by Crippen LogP contribution is -2.35. The van der Waals surface area contributed by atoms with E-state index in [1.54, 1.807) is 6.92 Å². The number of aliphatic carboxylic acids is 1. The highest BCUT2D eigenvalue weighted by molar-refractivity contribution is 6.32. The smallest absolute Gasteiger partial charge is 0.323 e. The van der Waals surface area contributed by atoms with Gasteiger partial charge >= 0.3 is 5.97 Å². The Bertz CT molecular complexity index is 589. The fourth-order valence-corrected chi connectivity index (χ4v) is 2.32. The molecule has 0 saturated heterocycles. The zero-order valence-electron chi connectivity index (χ0n) is 14.5. The maximum Gasteiger partial charge on any atom is 0.323 e. The Morgan fingerprint density at radius 2 is 2.00 bits per heavy atom. The minimum Gasteiger partial charge on any atom is -0.493 e. The standard InChI is InChI=1S/C17H24ClNO5/c1-5-19(10-15(20)21)17(22)12-8-13(18)16(14(9-12)23-4)24-7-6-11(2)3/h8-9,11H,5-7,10H2,1-4H3,(H,20,21). The molecule has 0 aromatic heterocycles. The summed E-state index contributed by atoms with van der Waals surface area (Å²) in [6.07, 6.45) is 0.863. The van der Waals surface area contributed by atoms with E-state index in [2.05, 4.69) is 13.8 Å². The van der Waals surface area contributed by atoms with Crippen LogP contribution < -0.4 is 9.47 Å². The fourth-order valence-electron chi connectivity index (χ4n) is 2.05. The van der Waals surface area contributed by atoms with Crippen LogP contribution in [0.15, 0.2) is 12.1 Å². The van der Waals surface area contributed by atoms with Crippen molar-refractivity contribution in [3.05, 3.63) is 22.7 Å². The van der Waals surface area contributed by atoms with E-state index in [9.17, 15) is 9.59 Å². The monoisotopic (exact) mass is 357 g/mol. The van der Waals surface area contributed by atoms with Gasteiger partial charge < -0.3 is 19.5 Å². The number of benzene rings is 1. The third-order valence-electron chi connectivity index (χ3n) is 3.41. The van der Waals surface area contributed by atoms with Crippen LogP contribution in [0.25, 0.3) is 0 Å². The van der Waals surface area contributed by atoms with Gasteiger partial charge in [-0.1, -0.05) is 25.4 Å². The second-order valence-corrected chi connectivity index (χ2v) is 6.14. The van der Waals surface area contributed by atoms with Gasteiger partial charge in [-0.05, 0) is 31.4 Å². The molecule has 24 heavy (non-hydrogen) atoms. The number of nitrogens with zero attached hydrogens (tertiary/aromatic N) is 1. The number of carboxylic acid groups (broad SMARTS) is 1. The average Bonchev–Trinajstić information content (AvgIpc) is 2.52. The van der Waals surface area contributed by atoms with Crippen molar-refractivity contribution in [3.63, 3.8) is 0 Å². The van der Waals surface area contributed by atoms with E-state index in [-0.39, 0.29) is 23.7 Å². The van der Waals surface area contributed by atoms with Crippen molar-refractivity contribution in [2.45, 2.75) is 27.2 Å². The number of carbonyl (C=O) groups is 2. The van der Waals surface area contributed by atoms with Gasteiger partial charge in [-0.25, -0.2) is 0 Å². The van der Waals surface area contributed by atoms with Crippen molar-refractivity contribution in [2.24, 2.45) is 5.92 Å². The summed E-state index contributed by atoms with van der Waals surface area (Å²) in [6.45, 7) is 6.28. The normalized spacial score (nSPS) is 10.6. The summed E-state index contributed by atoms with van der Waals surface area (Å²) in [5, 5.41) is 9.14. The predicted octanol–water partition coefficient (Wildman–Crippen LogP) is 3.32. The van der Waals surface area contributed by atoms with Crippen molar-refractivity contribution in [1.82, 2.24) is 4.90 Å². The Labute approximate surface area is 147 Å². The summed E-state index contributed by atoms with van der Waals surface area (Å²) >= 11 is 6.23. The summed E-state index contributed by atoms with van der Waals surface area (Å²) in [6, 6.07) is 2.99. The quantitative estimate of drug-likeness (QED) is 0.733. The van der Waals surface area contributed by atoms with Gasteiger partial charge in [0, 0.05) is 12.1 Å². The number of carbonyl (C=O) groups excluding carboxylic acids is 1. The first-order valence-corrected chi connectivity index (χ1v) is 8.19. The van der Waals surface area contributed by atoms with E-state index in [1.165, 1.54) is 24.1 Å². The Kier molecular flexibility index (Phi) is 7.85. The van der Waals surface area contributed by atoms with Crippen LogP contribution >= 0.6 is 11.6 Å². The van der Waals surface area contributed by atoms with Gasteiger partial charge in [-0.3, -0.25) is 9.59 Å². The predicted molar refractivity (Wildman–Crippen MR) is 92.2 cm³/mol. The number of hydrogen-bond acceptors (Lipinski definition) is 4. The van der Waals surface area contributed by atoms with Gasteiger partial charge in [0.15, 0.2) is 11.5 Å². The third-order valence-corrected chi connectivity index (χ3v) is 3.69. The van der Waals surface area contributed by atoms with E-state index in [0.29, 0.717) is 24.0 Å². The molecule has 0 aliphatic carbocycles. The molecule has 7 heteroatoms. The molecule has 0 spiro atoms. The molecule has 6 nitrogen and oxygen atoms in total. The van der Waals surface area contributed by atoms with E-state index in [4.69, 9.17) is 26.2 Å². The molecule has 1 amide bonds. The largest absolute Gasteiger partial charge is 0.493 e. The summed E-state index contributed by atoms with van der Waals surface area (Å²) in [5.74, 6) is -0.269. The number of likely N-dealkylation sites (N-methyl/N-ethyl adjacent to an activating group) is 1. The molecule has 0 unspecified atom stereocenters. The molecule has 0 heterocycles. The topological polar surface area (TPSA) is 76.1 Å². The van der Waals surface area contributed by atoms with E-state index in [1.807, 2.05) is 0 Å². The van der Waals surface area contributed by atoms with Gasteiger partial charge in [-0.2, -0.15) is 0 Å². The van der Waals surface area contributed by atoms with Crippen LogP contribution in [0.4, 0.5) is 0 Å². The Balaban J connectivity index is 3.04. The van der Waals surface area contributed by atoms with Gasteiger partial charge in [0.2, 0.25) is 0 Å². The molecule has 0 aliphatic rings. The molecule has 0 saturated carbocycles. The molecule has 1 aromatic rings. The number of methoxy groups -OCH3 is 1. The van der Waals surface area contributed by atoms with Gasteiger partial charge in [-0.15, -0.1) is 0 Å². The summed E-state index contributed by atoms with van der Waals surface area (Å²) < 4.78 is 11.0. The van der Waals surface area contributed by atoms with Crippen LogP contribution in [-0.2, 0) is 4.79 Å². The Morgan fingerprint density at radius 3 is 2.50 bits per heavy atom. The molecule has 0 bridgehead atoms. The van der Waals surface area contributed by atoms with Crippen molar-refractivity contribution >= 4 is 23.5 Å². The van der Waals surface area contributed by atoms with Crippen molar-refractivity contribution in [3.8, 4) is 11.5 Å². The van der Waals surface area contributed by atoms with Crippen molar-refractivity contribution in [2.75, 3.05) is 26.8 Å². The summed E-state index contributed by atoms with van der Waals surface area (Å²) in [4.78, 5) is 24.5. The molecule has 134 valence electrons. The molecular weight excluding hydrogens is 334 g/mol. The van der Waals surface area contributed by atoms with Crippen LogP contribution in [-0.4, -0.2) is 48.7 Å². The number of halogens is 1. The van der Waals surface area contributed by atoms with Crippen LogP contribution in [0.1, 0.15) is 37.6 Å². The highest BCUT2D eigenvalue weighted by Crippen LogP contribution is 2.37. The first kappa shape index (κ1) is 20.1. The number of amides is 1. The Hall–Kier alpha value is -1.95. The molecule has 0 radical (unpaired) electrons. The maximum absolute atomic E-state index is 12.5. The molecular formula is C17H24ClNO5. The van der Waals surface area contributed by atoms with E-state index >= 15 is 0 Å². The zero-order valence-corrected chi connectivity index (χ0v) is 15.2. The van der Waals surface area contributed by atoms with Gasteiger partial charge in [0.05, 0.1) is 18.7 Å². The number of ether oxygens (including phenoxy) is 2. The minimum atomic E-state index is -1.07. The third kappa shape index (κ3) is 5.60. The minimum absolute atomic E-state index is 0.257. The van der Waals surface area contributed by atoms with Crippen LogP contribution in [0.5, 0.6) is 11.5 Å². The number of carboxylic acids is 1. The lowest BCUT2D eigenvalue weighted by atomic mass is 10.1. The molecule has 0 atom stereocenters. The molecule has 1 rings (SSSR count). The van der Waals surface area contributed by atoms with Crippen molar-refractivity contribution < 1.29 is 24.2 Å².